The molecule has 0 radical (unpaired) electrons. The van der Waals surface area contributed by atoms with E-state index >= 15 is 0 Å². The lowest BCUT2D eigenvalue weighted by Crippen LogP contribution is -2.55. The van der Waals surface area contributed by atoms with Crippen molar-refractivity contribution in [3.63, 3.8) is 0 Å². The first-order valence-electron chi connectivity index (χ1n) is 20.3. The molecule has 17 heteroatoms. The minimum absolute atomic E-state index is 0.125. The van der Waals surface area contributed by atoms with Crippen molar-refractivity contribution in [3.05, 3.63) is 144 Å². The summed E-state index contributed by atoms with van der Waals surface area (Å²) in [6.45, 7) is 3.42. The van der Waals surface area contributed by atoms with E-state index in [1.807, 2.05) is 0 Å². The molecular weight excluding hydrogens is 829 g/mol. The maximum Gasteiger partial charge on any atom is 0.408 e. The summed E-state index contributed by atoms with van der Waals surface area (Å²) in [6.07, 6.45) is -3.21. The third-order valence-corrected chi connectivity index (χ3v) is 8.73. The zero-order valence-electron chi connectivity index (χ0n) is 35.7. The van der Waals surface area contributed by atoms with E-state index in [2.05, 4.69) is 21.3 Å². The molecule has 0 heterocycles. The van der Waals surface area contributed by atoms with Gasteiger partial charge in [0, 0.05) is 0 Å². The topological polar surface area (TPSA) is 231 Å². The summed E-state index contributed by atoms with van der Waals surface area (Å²) in [5.74, 6) is -6.92. The number of rotatable bonds is 22. The molecule has 3 unspecified atom stereocenters. The van der Waals surface area contributed by atoms with Gasteiger partial charge in [-0.05, 0) is 43.0 Å². The van der Waals surface area contributed by atoms with Gasteiger partial charge in [-0.15, -0.1) is 0 Å². The van der Waals surface area contributed by atoms with Crippen LogP contribution in [-0.4, -0.2) is 78.0 Å². The van der Waals surface area contributed by atoms with Gasteiger partial charge in [0.15, 0.2) is 0 Å². The number of hydrogen-bond acceptors (Lipinski definition) is 13. The summed E-state index contributed by atoms with van der Waals surface area (Å²) < 4.78 is 26.7. The molecule has 0 bridgehead atoms. The molecule has 4 amide bonds. The molecule has 4 aromatic rings. The van der Waals surface area contributed by atoms with Crippen molar-refractivity contribution in [2.45, 2.75) is 90.2 Å². The summed E-state index contributed by atoms with van der Waals surface area (Å²) in [4.78, 5) is 106. The van der Waals surface area contributed by atoms with Crippen LogP contribution in [0.4, 0.5) is 4.79 Å². The first kappa shape index (κ1) is 49.1. The smallest absolute Gasteiger partial charge is 0.408 e. The molecule has 338 valence electrons. The van der Waals surface area contributed by atoms with Crippen LogP contribution in [0.1, 0.15) is 62.3 Å². The second-order valence-electron chi connectivity index (χ2n) is 15.2. The van der Waals surface area contributed by atoms with Crippen LogP contribution in [0.15, 0.2) is 121 Å². The Balaban J connectivity index is 1.53. The van der Waals surface area contributed by atoms with Crippen molar-refractivity contribution in [1.29, 1.82) is 0 Å². The van der Waals surface area contributed by atoms with Crippen molar-refractivity contribution in [3.8, 4) is 0 Å². The van der Waals surface area contributed by atoms with E-state index in [0.717, 1.165) is 0 Å². The molecule has 0 aliphatic heterocycles. The number of alkyl carbamates (subject to hydrolysis) is 1. The van der Waals surface area contributed by atoms with Gasteiger partial charge in [0.1, 0.15) is 56.7 Å². The van der Waals surface area contributed by atoms with Crippen LogP contribution in [0, 0.1) is 0 Å². The van der Waals surface area contributed by atoms with Crippen molar-refractivity contribution < 1.29 is 62.0 Å². The Kier molecular flexibility index (Phi) is 19.5. The van der Waals surface area contributed by atoms with Gasteiger partial charge >= 0.3 is 30.0 Å². The van der Waals surface area contributed by atoms with Gasteiger partial charge < -0.3 is 45.0 Å². The van der Waals surface area contributed by atoms with Gasteiger partial charge in [0.25, 0.3) is 0 Å². The van der Waals surface area contributed by atoms with E-state index in [9.17, 15) is 38.4 Å². The van der Waals surface area contributed by atoms with Crippen LogP contribution in [0.3, 0.4) is 0 Å². The number of carbonyl (C=O) groups is 8. The van der Waals surface area contributed by atoms with Gasteiger partial charge in [-0.2, -0.15) is 0 Å². The molecule has 0 spiro atoms. The predicted molar refractivity (Wildman–Crippen MR) is 229 cm³/mol. The van der Waals surface area contributed by atoms with Crippen LogP contribution in [0.2, 0.25) is 0 Å². The third-order valence-electron chi connectivity index (χ3n) is 8.73. The van der Waals surface area contributed by atoms with Gasteiger partial charge in [-0.25, -0.2) is 14.4 Å². The van der Waals surface area contributed by atoms with E-state index in [0.29, 0.717) is 22.3 Å². The Bertz CT molecular complexity index is 2170. The molecule has 3 atom stereocenters. The minimum Gasteiger partial charge on any atom is -0.461 e. The van der Waals surface area contributed by atoms with E-state index in [-0.39, 0.29) is 26.4 Å². The average molecular weight is 881 g/mol. The largest absolute Gasteiger partial charge is 0.461 e. The lowest BCUT2D eigenvalue weighted by atomic mass is 10.1. The maximum absolute atomic E-state index is 14.0. The molecule has 0 saturated carbocycles. The molecule has 0 fully saturated rings. The summed E-state index contributed by atoms with van der Waals surface area (Å²) in [7, 11) is 0. The molecule has 0 aliphatic rings. The molecule has 0 saturated heterocycles. The van der Waals surface area contributed by atoms with Crippen LogP contribution < -0.4 is 21.3 Å². The van der Waals surface area contributed by atoms with E-state index in [1.54, 1.807) is 142 Å². The number of benzene rings is 4. The average Bonchev–Trinajstić information content (AvgIpc) is 3.28. The minimum atomic E-state index is -1.80. The fourth-order valence-electron chi connectivity index (χ4n) is 5.60. The number of amides is 4. The van der Waals surface area contributed by atoms with Gasteiger partial charge in [0.05, 0.1) is 19.3 Å². The number of ether oxygens (including phenoxy) is 5. The molecule has 4 rings (SSSR count). The van der Waals surface area contributed by atoms with Crippen molar-refractivity contribution in [1.82, 2.24) is 21.3 Å². The molecule has 4 aromatic carbocycles. The number of hydrogen-bond donors (Lipinski definition) is 4. The normalized spacial score (nSPS) is 12.2. The summed E-state index contributed by atoms with van der Waals surface area (Å²) in [5.41, 5.74) is 1.64. The van der Waals surface area contributed by atoms with Crippen LogP contribution in [-0.2, 0) is 83.7 Å². The Hall–Kier alpha value is -7.56. The Morgan fingerprint density at radius 2 is 0.812 bits per heavy atom. The highest BCUT2D eigenvalue weighted by molar-refractivity contribution is 5.96. The second-order valence-corrected chi connectivity index (χ2v) is 15.2. The highest BCUT2D eigenvalue weighted by Gasteiger charge is 2.33. The van der Waals surface area contributed by atoms with Crippen LogP contribution in [0.25, 0.3) is 0 Å². The zero-order valence-corrected chi connectivity index (χ0v) is 35.7. The monoisotopic (exact) mass is 880 g/mol. The van der Waals surface area contributed by atoms with Crippen molar-refractivity contribution in [2.75, 3.05) is 6.54 Å². The fourth-order valence-corrected chi connectivity index (χ4v) is 5.60. The lowest BCUT2D eigenvalue weighted by Gasteiger charge is -2.24. The van der Waals surface area contributed by atoms with Gasteiger partial charge in [0.2, 0.25) is 17.7 Å². The summed E-state index contributed by atoms with van der Waals surface area (Å²) >= 11 is 0. The number of nitrogens with one attached hydrogen (secondary N) is 4. The highest BCUT2D eigenvalue weighted by atomic mass is 16.6. The first-order chi connectivity index (χ1) is 30.6. The van der Waals surface area contributed by atoms with Crippen LogP contribution in [0.5, 0.6) is 0 Å². The highest BCUT2D eigenvalue weighted by Crippen LogP contribution is 2.11. The quantitative estimate of drug-likeness (QED) is 0.0644. The number of esters is 4. The molecule has 17 nitrogen and oxygen atoms in total. The molecule has 0 aromatic heterocycles. The molecule has 64 heavy (non-hydrogen) atoms. The van der Waals surface area contributed by atoms with Crippen molar-refractivity contribution >= 4 is 47.7 Å². The Morgan fingerprint density at radius 3 is 1.20 bits per heavy atom. The van der Waals surface area contributed by atoms with E-state index in [4.69, 9.17) is 23.7 Å². The molecule has 4 N–H and O–H groups in total. The fraction of sp³-hybridized carbons (Fsp3) is 0.319. The lowest BCUT2D eigenvalue weighted by molar-refractivity contribution is -0.155. The van der Waals surface area contributed by atoms with Crippen LogP contribution >= 0.6 is 0 Å². The zero-order chi connectivity index (χ0) is 46.3. The Labute approximate surface area is 370 Å². The van der Waals surface area contributed by atoms with Crippen molar-refractivity contribution in [2.24, 2.45) is 0 Å². The molecule has 0 aliphatic carbocycles. The second kappa shape index (κ2) is 25.4. The maximum atomic E-state index is 14.0. The summed E-state index contributed by atoms with van der Waals surface area (Å²) in [5, 5.41) is 9.36. The van der Waals surface area contributed by atoms with E-state index < -0.39 is 97.2 Å². The first-order valence-corrected chi connectivity index (χ1v) is 20.3. The Morgan fingerprint density at radius 1 is 0.453 bits per heavy atom. The van der Waals surface area contributed by atoms with Gasteiger partial charge in [-0.3, -0.25) is 24.0 Å². The predicted octanol–water partition coefficient (Wildman–Crippen LogP) is 4.11. The number of carbonyl (C=O) groups excluding carboxylic acids is 8. The standard InChI is InChI=1S/C47H52N4O13/c1-47(2,3)64-46(59)48-27-40(53)49-36(43(56)51-38(45(58)63-31-35-22-14-7-15-23-35)26-42(55)61-29-33-18-10-5-11-19-33)24-39(52)50-37(44(57)62-30-34-20-12-6-13-21-34)25-41(54)60-28-32-16-8-4-9-17-32/h4-23,36-38H,24-31H2,1-3H3,(H,48,59)(H,49,53)(H,50,52)(H,51,56). The van der Waals surface area contributed by atoms with Gasteiger partial charge in [-0.1, -0.05) is 121 Å². The van der Waals surface area contributed by atoms with E-state index in [1.165, 1.54) is 0 Å². The molecular formula is C47H52N4O13. The SMILES string of the molecule is CC(C)(C)OC(=O)NCC(=O)NC(CC(=O)NC(CC(=O)OCc1ccccc1)C(=O)OCc1ccccc1)C(=O)NC(CC(=O)OCc1ccccc1)C(=O)OCc1ccccc1. The third kappa shape index (κ3) is 19.0. The summed E-state index contributed by atoms with van der Waals surface area (Å²) in [6, 6.07) is 29.6.